The number of methoxy groups -OCH3 is 3. The molecule has 1 N–H and O–H groups in total. The zero-order valence-electron chi connectivity index (χ0n) is 20.9. The minimum Gasteiger partial charge on any atom is -0.493 e. The Morgan fingerprint density at radius 3 is 2.33 bits per heavy atom. The summed E-state index contributed by atoms with van der Waals surface area (Å²) >= 11 is 0. The second kappa shape index (κ2) is 9.93. The van der Waals surface area contributed by atoms with Crippen LogP contribution >= 0.6 is 0 Å². The zero-order chi connectivity index (χ0) is 25.1. The number of rotatable bonds is 9. The van der Waals surface area contributed by atoms with Crippen molar-refractivity contribution in [2.24, 2.45) is 0 Å². The number of benzene rings is 2. The van der Waals surface area contributed by atoms with Crippen LogP contribution in [0.25, 0.3) is 12.3 Å². The molecule has 1 unspecified atom stereocenters. The Balaban J connectivity index is 1.70. The number of allylic oxidation sites excluding steroid dienone is 2. The first kappa shape index (κ1) is 23.7. The van der Waals surface area contributed by atoms with Gasteiger partial charge < -0.3 is 19.5 Å². The third-order valence-electron chi connectivity index (χ3n) is 7.25. The van der Waals surface area contributed by atoms with Crippen LogP contribution in [-0.4, -0.2) is 43.4 Å². The van der Waals surface area contributed by atoms with Crippen molar-refractivity contribution in [2.45, 2.75) is 37.1 Å². The van der Waals surface area contributed by atoms with Crippen LogP contribution in [0.15, 0.2) is 54.6 Å². The first-order valence-electron chi connectivity index (χ1n) is 12.2. The van der Waals surface area contributed by atoms with E-state index in [4.69, 9.17) is 19.3 Å². The molecule has 1 heterocycles. The number of nitrogens with one attached hydrogen (secondary N) is 1. The number of carbonyl (C=O) groups excluding carboxylic acids is 1. The monoisotopic (exact) mass is 485 g/mol. The Labute approximate surface area is 211 Å². The smallest absolute Gasteiger partial charge is 0.203 e. The van der Waals surface area contributed by atoms with Crippen molar-refractivity contribution < 1.29 is 19.0 Å². The molecule has 0 spiro atoms. The van der Waals surface area contributed by atoms with Crippen LogP contribution in [0.5, 0.6) is 17.2 Å². The SMILES string of the molecule is COc1cc(C2(c3ccccc3)C=Cc3c(NC4CCC4)nn(C=CC=O)c3C2)cc(OC)c1OC. The van der Waals surface area contributed by atoms with E-state index in [1.165, 1.54) is 12.5 Å². The van der Waals surface area contributed by atoms with Crippen molar-refractivity contribution in [2.75, 3.05) is 26.6 Å². The van der Waals surface area contributed by atoms with E-state index in [0.29, 0.717) is 29.7 Å². The maximum Gasteiger partial charge on any atom is 0.203 e. The molecule has 2 aliphatic carbocycles. The highest BCUT2D eigenvalue weighted by Crippen LogP contribution is 2.48. The number of fused-ring (bicyclic) bond motifs is 1. The molecule has 5 rings (SSSR count). The lowest BCUT2D eigenvalue weighted by Gasteiger charge is -2.35. The van der Waals surface area contributed by atoms with Gasteiger partial charge in [-0.05, 0) is 48.6 Å². The molecule has 7 heteroatoms. The lowest BCUT2D eigenvalue weighted by atomic mass is 9.68. The molecule has 0 amide bonds. The number of carbonyl (C=O) groups is 1. The largest absolute Gasteiger partial charge is 0.493 e. The number of aldehydes is 1. The van der Waals surface area contributed by atoms with E-state index in [-0.39, 0.29) is 0 Å². The minimum absolute atomic E-state index is 0.441. The van der Waals surface area contributed by atoms with E-state index in [1.807, 2.05) is 35.0 Å². The first-order chi connectivity index (χ1) is 17.6. The number of hydrogen-bond acceptors (Lipinski definition) is 6. The molecule has 36 heavy (non-hydrogen) atoms. The van der Waals surface area contributed by atoms with Crippen molar-refractivity contribution >= 4 is 24.4 Å². The van der Waals surface area contributed by atoms with Gasteiger partial charge in [0, 0.05) is 29.6 Å². The Bertz CT molecular complexity index is 1280. The molecule has 7 nitrogen and oxygen atoms in total. The maximum absolute atomic E-state index is 11.2. The van der Waals surface area contributed by atoms with Crippen LogP contribution in [0.2, 0.25) is 0 Å². The predicted octanol–water partition coefficient (Wildman–Crippen LogP) is 5.10. The van der Waals surface area contributed by atoms with E-state index < -0.39 is 5.41 Å². The molecule has 1 saturated carbocycles. The van der Waals surface area contributed by atoms with E-state index in [9.17, 15) is 4.79 Å². The molecule has 1 atom stereocenters. The average Bonchev–Trinajstić information content (AvgIpc) is 3.25. The molecular formula is C29H31N3O4. The van der Waals surface area contributed by atoms with E-state index in [0.717, 1.165) is 47.3 Å². The van der Waals surface area contributed by atoms with E-state index in [2.05, 4.69) is 29.6 Å². The van der Waals surface area contributed by atoms with Crippen molar-refractivity contribution in [1.82, 2.24) is 9.78 Å². The summed E-state index contributed by atoms with van der Waals surface area (Å²) in [5, 5.41) is 8.44. The highest BCUT2D eigenvalue weighted by atomic mass is 16.5. The Morgan fingerprint density at radius 1 is 1.03 bits per heavy atom. The maximum atomic E-state index is 11.2. The highest BCUT2D eigenvalue weighted by molar-refractivity contribution is 5.75. The summed E-state index contributed by atoms with van der Waals surface area (Å²) in [5.74, 6) is 2.61. The molecule has 2 aliphatic rings. The van der Waals surface area contributed by atoms with Crippen molar-refractivity contribution in [3.05, 3.63) is 77.0 Å². The molecule has 2 aromatic carbocycles. The average molecular weight is 486 g/mol. The van der Waals surface area contributed by atoms with Crippen molar-refractivity contribution in [3.8, 4) is 17.2 Å². The van der Waals surface area contributed by atoms with Gasteiger partial charge in [-0.1, -0.05) is 42.5 Å². The second-order valence-corrected chi connectivity index (χ2v) is 9.16. The molecule has 1 aromatic heterocycles. The number of hydrogen-bond donors (Lipinski definition) is 1. The van der Waals surface area contributed by atoms with Gasteiger partial charge in [-0.25, -0.2) is 4.68 Å². The zero-order valence-corrected chi connectivity index (χ0v) is 20.9. The molecule has 0 bridgehead atoms. The summed E-state index contributed by atoms with van der Waals surface area (Å²) in [4.78, 5) is 11.2. The van der Waals surface area contributed by atoms with Crippen LogP contribution in [0, 0.1) is 0 Å². The number of ether oxygens (including phenoxy) is 3. The second-order valence-electron chi connectivity index (χ2n) is 9.16. The molecule has 0 saturated heterocycles. The summed E-state index contributed by atoms with van der Waals surface area (Å²) in [5.41, 5.74) is 3.68. The Kier molecular flexibility index (Phi) is 6.55. The molecule has 0 aliphatic heterocycles. The highest BCUT2D eigenvalue weighted by Gasteiger charge is 2.39. The molecule has 186 valence electrons. The summed E-state index contributed by atoms with van der Waals surface area (Å²) in [6.07, 6.45) is 12.5. The molecular weight excluding hydrogens is 454 g/mol. The quantitative estimate of drug-likeness (QED) is 0.336. The molecule has 3 aromatic rings. The first-order valence-corrected chi connectivity index (χ1v) is 12.2. The van der Waals surface area contributed by atoms with Gasteiger partial charge in [0.25, 0.3) is 0 Å². The van der Waals surface area contributed by atoms with Crippen molar-refractivity contribution in [1.29, 1.82) is 0 Å². The molecule has 0 radical (unpaired) electrons. The van der Waals surface area contributed by atoms with Gasteiger partial charge in [0.05, 0.1) is 27.0 Å². The predicted molar refractivity (Wildman–Crippen MR) is 141 cm³/mol. The van der Waals surface area contributed by atoms with Gasteiger partial charge in [-0.15, -0.1) is 0 Å². The fraction of sp³-hybridized carbons (Fsp3) is 0.310. The van der Waals surface area contributed by atoms with Crippen LogP contribution < -0.4 is 19.5 Å². The van der Waals surface area contributed by atoms with Crippen LogP contribution in [0.4, 0.5) is 5.82 Å². The Morgan fingerprint density at radius 2 is 1.75 bits per heavy atom. The lowest BCUT2D eigenvalue weighted by molar-refractivity contribution is -0.104. The van der Waals surface area contributed by atoms with E-state index in [1.54, 1.807) is 27.5 Å². The van der Waals surface area contributed by atoms with Gasteiger partial charge >= 0.3 is 0 Å². The normalized spacial score (nSPS) is 19.0. The van der Waals surface area contributed by atoms with Gasteiger partial charge in [0.1, 0.15) is 6.29 Å². The summed E-state index contributed by atoms with van der Waals surface area (Å²) in [7, 11) is 4.86. The van der Waals surface area contributed by atoms with Crippen molar-refractivity contribution in [3.63, 3.8) is 0 Å². The van der Waals surface area contributed by atoms with Gasteiger partial charge in [0.2, 0.25) is 5.75 Å². The van der Waals surface area contributed by atoms with Crippen LogP contribution in [0.3, 0.4) is 0 Å². The van der Waals surface area contributed by atoms with Crippen LogP contribution in [-0.2, 0) is 16.6 Å². The third kappa shape index (κ3) is 4.04. The van der Waals surface area contributed by atoms with Gasteiger partial charge in [-0.2, -0.15) is 5.10 Å². The third-order valence-corrected chi connectivity index (χ3v) is 7.25. The molecule has 1 fully saturated rings. The number of anilines is 1. The van der Waals surface area contributed by atoms with Gasteiger partial charge in [0.15, 0.2) is 17.3 Å². The van der Waals surface area contributed by atoms with E-state index >= 15 is 0 Å². The topological polar surface area (TPSA) is 74.6 Å². The summed E-state index contributed by atoms with van der Waals surface area (Å²) < 4.78 is 18.8. The summed E-state index contributed by atoms with van der Waals surface area (Å²) in [6.45, 7) is 0. The Hall–Kier alpha value is -4.00. The minimum atomic E-state index is -0.526. The fourth-order valence-corrected chi connectivity index (χ4v) is 5.11. The standard InChI is InChI=1S/C29H31N3O4/c1-34-25-17-21(18-26(35-2)27(25)36-3)29(20-9-5-4-6-10-20)14-13-23-24(19-29)32(15-8-16-33)31-28(23)30-22-11-7-12-22/h4-6,8-10,13-18,22H,7,11-12,19H2,1-3H3,(H,30,31). The van der Waals surface area contributed by atoms with Gasteiger partial charge in [-0.3, -0.25) is 4.79 Å². The number of nitrogens with zero attached hydrogens (tertiary/aromatic N) is 2. The summed E-state index contributed by atoms with van der Waals surface area (Å²) in [6, 6.07) is 14.8. The number of aromatic nitrogens is 2. The lowest BCUT2D eigenvalue weighted by Crippen LogP contribution is -2.31. The fourth-order valence-electron chi connectivity index (χ4n) is 5.11. The van der Waals surface area contributed by atoms with Crippen LogP contribution in [0.1, 0.15) is 41.6 Å².